The molecule has 0 spiro atoms. The fourth-order valence-electron chi connectivity index (χ4n) is 1.47. The van der Waals surface area contributed by atoms with Crippen LogP contribution in [0, 0.1) is 5.92 Å². The van der Waals surface area contributed by atoms with Crippen molar-refractivity contribution in [2.45, 2.75) is 33.4 Å². The van der Waals surface area contributed by atoms with Crippen LogP contribution in [0.5, 0.6) is 0 Å². The van der Waals surface area contributed by atoms with Crippen LogP contribution in [0.25, 0.3) is 0 Å². The lowest BCUT2D eigenvalue weighted by atomic mass is 10.2. The van der Waals surface area contributed by atoms with Crippen molar-refractivity contribution in [3.05, 3.63) is 5.82 Å². The quantitative estimate of drug-likeness (QED) is 0.692. The molecule has 1 atom stereocenters. The van der Waals surface area contributed by atoms with Crippen LogP contribution in [-0.4, -0.2) is 40.5 Å². The van der Waals surface area contributed by atoms with Crippen LogP contribution < -0.4 is 5.32 Å². The van der Waals surface area contributed by atoms with Gasteiger partial charge in [-0.1, -0.05) is 13.8 Å². The topological polar surface area (TPSA) is 64.9 Å². The van der Waals surface area contributed by atoms with Crippen LogP contribution in [0.2, 0.25) is 0 Å². The number of methoxy groups -OCH3 is 1. The van der Waals surface area contributed by atoms with E-state index in [1.165, 1.54) is 0 Å². The number of nitrogens with one attached hydrogen (secondary N) is 1. The van der Waals surface area contributed by atoms with Gasteiger partial charge in [0.15, 0.2) is 5.82 Å². The largest absolute Gasteiger partial charge is 0.383 e. The molecule has 0 aliphatic carbocycles. The Morgan fingerprint density at radius 1 is 1.38 bits per heavy atom. The maximum absolute atomic E-state index is 4.98. The summed E-state index contributed by atoms with van der Waals surface area (Å²) in [4.78, 5) is 0. The molecule has 0 amide bonds. The van der Waals surface area contributed by atoms with Gasteiger partial charge in [0.1, 0.15) is 0 Å². The third-order valence-corrected chi connectivity index (χ3v) is 2.24. The van der Waals surface area contributed by atoms with E-state index in [9.17, 15) is 0 Å². The van der Waals surface area contributed by atoms with Crippen LogP contribution in [0.3, 0.4) is 0 Å². The SMILES string of the molecule is COCCNC(C)c1nnnn1CC(C)C. The summed E-state index contributed by atoms with van der Waals surface area (Å²) < 4.78 is 6.84. The summed E-state index contributed by atoms with van der Waals surface area (Å²) in [5.41, 5.74) is 0. The molecule has 0 aliphatic heterocycles. The fourth-order valence-corrected chi connectivity index (χ4v) is 1.47. The van der Waals surface area contributed by atoms with Gasteiger partial charge in [0.2, 0.25) is 0 Å². The van der Waals surface area contributed by atoms with Crippen LogP contribution in [-0.2, 0) is 11.3 Å². The van der Waals surface area contributed by atoms with Crippen molar-refractivity contribution < 1.29 is 4.74 Å². The molecule has 1 heterocycles. The zero-order chi connectivity index (χ0) is 12.0. The van der Waals surface area contributed by atoms with E-state index in [4.69, 9.17) is 4.74 Å². The van der Waals surface area contributed by atoms with Crippen molar-refractivity contribution in [1.82, 2.24) is 25.5 Å². The van der Waals surface area contributed by atoms with Crippen molar-refractivity contribution in [3.63, 3.8) is 0 Å². The zero-order valence-corrected chi connectivity index (χ0v) is 10.5. The Kier molecular flexibility index (Phi) is 5.34. The summed E-state index contributed by atoms with van der Waals surface area (Å²) in [5, 5.41) is 15.1. The predicted molar refractivity (Wildman–Crippen MR) is 60.9 cm³/mol. The summed E-state index contributed by atoms with van der Waals surface area (Å²) >= 11 is 0. The summed E-state index contributed by atoms with van der Waals surface area (Å²) in [5.74, 6) is 1.42. The number of hydrogen-bond acceptors (Lipinski definition) is 5. The van der Waals surface area contributed by atoms with E-state index in [0.29, 0.717) is 12.5 Å². The first kappa shape index (κ1) is 13.1. The molecule has 0 saturated carbocycles. The number of ether oxygens (including phenoxy) is 1. The van der Waals surface area contributed by atoms with Crippen molar-refractivity contribution in [1.29, 1.82) is 0 Å². The van der Waals surface area contributed by atoms with Crippen molar-refractivity contribution in [3.8, 4) is 0 Å². The van der Waals surface area contributed by atoms with Crippen molar-refractivity contribution >= 4 is 0 Å². The van der Waals surface area contributed by atoms with Gasteiger partial charge in [0.25, 0.3) is 0 Å². The number of nitrogens with zero attached hydrogens (tertiary/aromatic N) is 4. The van der Waals surface area contributed by atoms with E-state index in [0.717, 1.165) is 18.9 Å². The van der Waals surface area contributed by atoms with Gasteiger partial charge in [-0.05, 0) is 23.3 Å². The van der Waals surface area contributed by atoms with E-state index >= 15 is 0 Å². The second-order valence-electron chi connectivity index (χ2n) is 4.28. The van der Waals surface area contributed by atoms with Gasteiger partial charge < -0.3 is 10.1 Å². The highest BCUT2D eigenvalue weighted by molar-refractivity contribution is 4.89. The molecule has 0 bridgehead atoms. The minimum atomic E-state index is 0.142. The van der Waals surface area contributed by atoms with Crippen LogP contribution in [0.1, 0.15) is 32.6 Å². The molecule has 0 fully saturated rings. The second-order valence-corrected chi connectivity index (χ2v) is 4.28. The molecule has 0 radical (unpaired) electrons. The first-order valence-electron chi connectivity index (χ1n) is 5.63. The molecule has 1 rings (SSSR count). The normalized spacial score (nSPS) is 13.3. The monoisotopic (exact) mass is 227 g/mol. The number of rotatable bonds is 7. The Hall–Kier alpha value is -1.01. The fraction of sp³-hybridized carbons (Fsp3) is 0.900. The van der Waals surface area contributed by atoms with Gasteiger partial charge in [-0.3, -0.25) is 0 Å². The molecule has 1 aromatic rings. The van der Waals surface area contributed by atoms with E-state index in [1.807, 2.05) is 4.68 Å². The number of hydrogen-bond donors (Lipinski definition) is 1. The van der Waals surface area contributed by atoms with Gasteiger partial charge in [0, 0.05) is 20.2 Å². The molecule has 6 nitrogen and oxygen atoms in total. The number of aromatic nitrogens is 4. The van der Waals surface area contributed by atoms with Crippen LogP contribution >= 0.6 is 0 Å². The lowest BCUT2D eigenvalue weighted by Crippen LogP contribution is -2.26. The summed E-state index contributed by atoms with van der Waals surface area (Å²) in [6, 6.07) is 0.142. The first-order valence-corrected chi connectivity index (χ1v) is 5.63. The highest BCUT2D eigenvalue weighted by atomic mass is 16.5. The van der Waals surface area contributed by atoms with Gasteiger partial charge in [0.05, 0.1) is 12.6 Å². The van der Waals surface area contributed by atoms with Gasteiger partial charge in [-0.15, -0.1) is 5.10 Å². The van der Waals surface area contributed by atoms with Crippen LogP contribution in [0.4, 0.5) is 0 Å². The molecular weight excluding hydrogens is 206 g/mol. The van der Waals surface area contributed by atoms with E-state index in [1.54, 1.807) is 7.11 Å². The third-order valence-electron chi connectivity index (χ3n) is 2.24. The minimum absolute atomic E-state index is 0.142. The van der Waals surface area contributed by atoms with Crippen LogP contribution in [0.15, 0.2) is 0 Å². The molecule has 0 saturated heterocycles. The summed E-state index contributed by atoms with van der Waals surface area (Å²) in [7, 11) is 1.69. The molecule has 0 aliphatic rings. The van der Waals surface area contributed by atoms with Gasteiger partial charge >= 0.3 is 0 Å². The van der Waals surface area contributed by atoms with Gasteiger partial charge in [-0.25, -0.2) is 4.68 Å². The zero-order valence-electron chi connectivity index (χ0n) is 10.5. The Bertz CT molecular complexity index is 299. The van der Waals surface area contributed by atoms with E-state index in [-0.39, 0.29) is 6.04 Å². The second kappa shape index (κ2) is 6.55. The Labute approximate surface area is 96.4 Å². The first-order chi connectivity index (χ1) is 7.65. The molecule has 0 aromatic carbocycles. The average Bonchev–Trinajstić information content (AvgIpc) is 2.65. The lowest BCUT2D eigenvalue weighted by molar-refractivity contribution is 0.195. The molecule has 1 unspecified atom stereocenters. The lowest BCUT2D eigenvalue weighted by Gasteiger charge is -2.14. The Morgan fingerprint density at radius 2 is 2.12 bits per heavy atom. The summed E-state index contributed by atoms with van der Waals surface area (Å²) in [6.07, 6.45) is 0. The molecule has 92 valence electrons. The average molecular weight is 227 g/mol. The molecule has 1 aromatic heterocycles. The minimum Gasteiger partial charge on any atom is -0.383 e. The maximum Gasteiger partial charge on any atom is 0.167 e. The molecule has 1 N–H and O–H groups in total. The van der Waals surface area contributed by atoms with E-state index in [2.05, 4.69) is 41.6 Å². The Balaban J connectivity index is 2.53. The highest BCUT2D eigenvalue weighted by Gasteiger charge is 2.14. The smallest absolute Gasteiger partial charge is 0.167 e. The van der Waals surface area contributed by atoms with Crippen molar-refractivity contribution in [2.75, 3.05) is 20.3 Å². The van der Waals surface area contributed by atoms with E-state index < -0.39 is 0 Å². The van der Waals surface area contributed by atoms with Crippen molar-refractivity contribution in [2.24, 2.45) is 5.92 Å². The Morgan fingerprint density at radius 3 is 2.75 bits per heavy atom. The highest BCUT2D eigenvalue weighted by Crippen LogP contribution is 2.08. The molecule has 6 heteroatoms. The molecular formula is C10H21N5O. The summed E-state index contributed by atoms with van der Waals surface area (Å²) in [6.45, 7) is 8.68. The maximum atomic E-state index is 4.98. The van der Waals surface area contributed by atoms with Gasteiger partial charge in [-0.2, -0.15) is 0 Å². The third kappa shape index (κ3) is 3.86. The number of tetrazole rings is 1. The molecule has 16 heavy (non-hydrogen) atoms. The predicted octanol–water partition coefficient (Wildman–Crippen LogP) is 0.626. The standard InChI is InChI=1S/C10H21N5O/c1-8(2)7-15-10(12-13-14-15)9(3)11-5-6-16-4/h8-9,11H,5-7H2,1-4H3.